The lowest BCUT2D eigenvalue weighted by molar-refractivity contribution is -0.137. The van der Waals surface area contributed by atoms with Crippen molar-refractivity contribution >= 4 is 17.4 Å². The number of unbranched alkanes of at least 4 members (excludes halogenated alkanes) is 1. The van der Waals surface area contributed by atoms with E-state index in [0.717, 1.165) is 23.5 Å². The largest absolute Gasteiger partial charge is 0.416 e. The van der Waals surface area contributed by atoms with E-state index in [1.165, 1.54) is 16.7 Å². The van der Waals surface area contributed by atoms with Crippen molar-refractivity contribution in [3.8, 4) is 0 Å². The van der Waals surface area contributed by atoms with Gasteiger partial charge in [0.1, 0.15) is 5.82 Å². The molecule has 1 amide bonds. The van der Waals surface area contributed by atoms with E-state index < -0.39 is 28.9 Å². The fourth-order valence-corrected chi connectivity index (χ4v) is 2.92. The number of rotatable bonds is 7. The van der Waals surface area contributed by atoms with E-state index in [0.29, 0.717) is 12.0 Å². The van der Waals surface area contributed by atoms with Crippen molar-refractivity contribution in [2.24, 2.45) is 0 Å². The van der Waals surface area contributed by atoms with Gasteiger partial charge in [0.15, 0.2) is 5.69 Å². The Hall–Kier alpha value is -3.04. The summed E-state index contributed by atoms with van der Waals surface area (Å²) in [6, 6.07) is 4.21. The number of nitrogen functional groups attached to an aromatic ring is 1. The molecule has 0 unspecified atom stereocenters. The van der Waals surface area contributed by atoms with Crippen molar-refractivity contribution in [2.45, 2.75) is 45.8 Å². The molecule has 1 aromatic heterocycles. The first-order valence-corrected chi connectivity index (χ1v) is 9.19. The monoisotopic (exact) mass is 412 g/mol. The number of H-pyrrole nitrogens is 1. The van der Waals surface area contributed by atoms with Crippen LogP contribution in [0.1, 0.15) is 37.8 Å². The maximum absolute atomic E-state index is 12.7. The quantitative estimate of drug-likeness (QED) is 0.730. The van der Waals surface area contributed by atoms with Gasteiger partial charge in [-0.3, -0.25) is 19.1 Å². The highest BCUT2D eigenvalue weighted by atomic mass is 19.4. The summed E-state index contributed by atoms with van der Waals surface area (Å²) in [7, 11) is 0. The smallest absolute Gasteiger partial charge is 0.383 e. The SMILES string of the molecule is CCCCn1c(N)c(N(CC)C(=O)Cc2ccc(C(F)(F)F)cc2)c(=O)[nH]c1=O. The molecule has 2 aromatic rings. The molecule has 0 aliphatic heterocycles. The van der Waals surface area contributed by atoms with Gasteiger partial charge < -0.3 is 10.6 Å². The number of nitrogens with two attached hydrogens (primary N) is 1. The molecule has 0 saturated heterocycles. The molecule has 0 saturated carbocycles. The van der Waals surface area contributed by atoms with Gasteiger partial charge in [0.2, 0.25) is 5.91 Å². The molecule has 0 bridgehead atoms. The van der Waals surface area contributed by atoms with Crippen molar-refractivity contribution < 1.29 is 18.0 Å². The summed E-state index contributed by atoms with van der Waals surface area (Å²) >= 11 is 0. The number of aromatic amines is 1. The number of hydrogen-bond donors (Lipinski definition) is 2. The maximum atomic E-state index is 12.7. The van der Waals surface area contributed by atoms with Crippen LogP contribution in [0.15, 0.2) is 33.9 Å². The average Bonchev–Trinajstić information content (AvgIpc) is 2.64. The maximum Gasteiger partial charge on any atom is 0.416 e. The molecule has 0 radical (unpaired) electrons. The van der Waals surface area contributed by atoms with Crippen molar-refractivity contribution in [1.82, 2.24) is 9.55 Å². The summed E-state index contributed by atoms with van der Waals surface area (Å²) < 4.78 is 39.2. The average molecular weight is 412 g/mol. The Balaban J connectivity index is 2.34. The standard InChI is InChI=1S/C19H23F3N4O3/c1-3-5-10-26-16(23)15(17(28)24-18(26)29)25(4-2)14(27)11-12-6-8-13(9-7-12)19(20,21)22/h6-9H,3-5,10-11,23H2,1-2H3,(H,24,28,29). The van der Waals surface area contributed by atoms with E-state index in [1.54, 1.807) is 6.92 Å². The van der Waals surface area contributed by atoms with Gasteiger partial charge in [-0.05, 0) is 31.0 Å². The zero-order valence-corrected chi connectivity index (χ0v) is 16.2. The van der Waals surface area contributed by atoms with Gasteiger partial charge in [-0.2, -0.15) is 13.2 Å². The van der Waals surface area contributed by atoms with Crippen LogP contribution in [0, 0.1) is 0 Å². The number of likely N-dealkylation sites (N-methyl/N-ethyl adjacent to an activating group) is 1. The summed E-state index contributed by atoms with van der Waals surface area (Å²) in [5, 5.41) is 0. The van der Waals surface area contributed by atoms with Gasteiger partial charge in [0.05, 0.1) is 12.0 Å². The minimum Gasteiger partial charge on any atom is -0.383 e. The summed E-state index contributed by atoms with van der Waals surface area (Å²) in [5.74, 6) is -0.639. The molecule has 0 aliphatic carbocycles. The van der Waals surface area contributed by atoms with Crippen LogP contribution in [0.4, 0.5) is 24.7 Å². The number of aromatic nitrogens is 2. The molecular weight excluding hydrogens is 389 g/mol. The van der Waals surface area contributed by atoms with Crippen LogP contribution in [-0.4, -0.2) is 22.0 Å². The van der Waals surface area contributed by atoms with Crippen LogP contribution in [0.3, 0.4) is 0 Å². The number of alkyl halides is 3. The fraction of sp³-hybridized carbons (Fsp3) is 0.421. The first kappa shape index (κ1) is 22.3. The van der Waals surface area contributed by atoms with Crippen molar-refractivity contribution in [3.05, 3.63) is 56.2 Å². The predicted molar refractivity (Wildman–Crippen MR) is 104 cm³/mol. The van der Waals surface area contributed by atoms with Crippen LogP contribution >= 0.6 is 0 Å². The summed E-state index contributed by atoms with van der Waals surface area (Å²) in [5.41, 5.74) is 3.98. The molecule has 3 N–H and O–H groups in total. The number of hydrogen-bond acceptors (Lipinski definition) is 4. The highest BCUT2D eigenvalue weighted by Crippen LogP contribution is 2.29. The third kappa shape index (κ3) is 5.07. The van der Waals surface area contributed by atoms with Crippen molar-refractivity contribution in [1.29, 1.82) is 0 Å². The lowest BCUT2D eigenvalue weighted by Gasteiger charge is -2.23. The van der Waals surface area contributed by atoms with Crippen LogP contribution in [0.5, 0.6) is 0 Å². The minimum absolute atomic E-state index is 0.0960. The van der Waals surface area contributed by atoms with E-state index in [9.17, 15) is 27.6 Å². The second kappa shape index (κ2) is 8.97. The molecular formula is C19H23F3N4O3. The molecule has 29 heavy (non-hydrogen) atoms. The highest BCUT2D eigenvalue weighted by Gasteiger charge is 2.30. The van der Waals surface area contributed by atoms with E-state index in [2.05, 4.69) is 4.98 Å². The minimum atomic E-state index is -4.47. The number of anilines is 2. The third-order valence-corrected chi connectivity index (χ3v) is 4.47. The Bertz CT molecular complexity index is 978. The van der Waals surface area contributed by atoms with Gasteiger partial charge in [0, 0.05) is 13.1 Å². The molecule has 0 aliphatic rings. The zero-order chi connectivity index (χ0) is 21.8. The molecule has 7 nitrogen and oxygen atoms in total. The molecule has 158 valence electrons. The molecule has 1 heterocycles. The number of nitrogens with one attached hydrogen (secondary N) is 1. The second-order valence-electron chi connectivity index (χ2n) is 6.51. The Morgan fingerprint density at radius 3 is 2.31 bits per heavy atom. The zero-order valence-electron chi connectivity index (χ0n) is 16.2. The first-order valence-electron chi connectivity index (χ1n) is 9.19. The lowest BCUT2D eigenvalue weighted by Crippen LogP contribution is -2.41. The normalized spacial score (nSPS) is 11.5. The van der Waals surface area contributed by atoms with E-state index in [4.69, 9.17) is 5.73 Å². The predicted octanol–water partition coefficient (Wildman–Crippen LogP) is 2.53. The van der Waals surface area contributed by atoms with Gasteiger partial charge in [-0.1, -0.05) is 25.5 Å². The molecule has 0 spiro atoms. The topological polar surface area (TPSA) is 101 Å². The third-order valence-electron chi connectivity index (χ3n) is 4.47. The highest BCUT2D eigenvalue weighted by molar-refractivity contribution is 5.96. The number of halogens is 3. The summed E-state index contributed by atoms with van der Waals surface area (Å²) in [4.78, 5) is 40.4. The van der Waals surface area contributed by atoms with Crippen LogP contribution < -0.4 is 21.9 Å². The number of nitrogens with zero attached hydrogens (tertiary/aromatic N) is 2. The molecule has 2 rings (SSSR count). The number of benzene rings is 1. The van der Waals surface area contributed by atoms with E-state index >= 15 is 0 Å². The van der Waals surface area contributed by atoms with Crippen molar-refractivity contribution in [2.75, 3.05) is 17.2 Å². The van der Waals surface area contributed by atoms with Crippen LogP contribution in [0.25, 0.3) is 0 Å². The number of carbonyl (C=O) groups excluding carboxylic acids is 1. The molecule has 0 fully saturated rings. The Morgan fingerprint density at radius 1 is 1.17 bits per heavy atom. The van der Waals surface area contributed by atoms with Crippen LogP contribution in [-0.2, 0) is 23.9 Å². The van der Waals surface area contributed by atoms with E-state index in [1.807, 2.05) is 6.92 Å². The molecule has 0 atom stereocenters. The lowest BCUT2D eigenvalue weighted by atomic mass is 10.1. The van der Waals surface area contributed by atoms with E-state index in [-0.39, 0.29) is 31.0 Å². The molecule has 10 heteroatoms. The first-order chi connectivity index (χ1) is 13.6. The Labute approximate surface area is 165 Å². The molecule has 1 aromatic carbocycles. The second-order valence-corrected chi connectivity index (χ2v) is 6.51. The van der Waals surface area contributed by atoms with Crippen LogP contribution in [0.2, 0.25) is 0 Å². The summed E-state index contributed by atoms with van der Waals surface area (Å²) in [6.45, 7) is 3.94. The van der Waals surface area contributed by atoms with Gasteiger partial charge in [0.25, 0.3) is 5.56 Å². The summed E-state index contributed by atoms with van der Waals surface area (Å²) in [6.07, 6.45) is -3.24. The van der Waals surface area contributed by atoms with Crippen molar-refractivity contribution in [3.63, 3.8) is 0 Å². The van der Waals surface area contributed by atoms with Gasteiger partial charge in [-0.15, -0.1) is 0 Å². The Kier molecular flexibility index (Phi) is 6.89. The van der Waals surface area contributed by atoms with Gasteiger partial charge in [-0.25, -0.2) is 4.79 Å². The van der Waals surface area contributed by atoms with Gasteiger partial charge >= 0.3 is 11.9 Å². The number of amides is 1. The Morgan fingerprint density at radius 2 is 1.79 bits per heavy atom. The number of carbonyl (C=O) groups is 1. The fourth-order valence-electron chi connectivity index (χ4n) is 2.92.